The Morgan fingerprint density at radius 1 is 1.38 bits per heavy atom. The summed E-state index contributed by atoms with van der Waals surface area (Å²) in [6.45, 7) is 6.96. The summed E-state index contributed by atoms with van der Waals surface area (Å²) in [6.07, 6.45) is 2.58. The predicted octanol–water partition coefficient (Wildman–Crippen LogP) is 1.31. The second kappa shape index (κ2) is 4.64. The molecule has 4 heterocycles. The first-order valence-electron chi connectivity index (χ1n) is 7.24. The fraction of sp³-hybridized carbons (Fsp3) is 0.643. The Morgan fingerprint density at radius 2 is 2.29 bits per heavy atom. The molecule has 7 nitrogen and oxygen atoms in total. The van der Waals surface area contributed by atoms with Gasteiger partial charge in [-0.15, -0.1) is 0 Å². The maximum atomic E-state index is 6.16. The van der Waals surface area contributed by atoms with Crippen LogP contribution < -0.4 is 4.90 Å². The van der Waals surface area contributed by atoms with Gasteiger partial charge in [-0.3, -0.25) is 0 Å². The highest BCUT2D eigenvalue weighted by atomic mass is 16.6. The number of aromatic nitrogens is 3. The molecular weight excluding hydrogens is 272 g/mol. The van der Waals surface area contributed by atoms with Gasteiger partial charge in [0, 0.05) is 19.6 Å². The van der Waals surface area contributed by atoms with E-state index in [0.717, 1.165) is 43.0 Å². The zero-order valence-electron chi connectivity index (χ0n) is 12.2. The molecule has 7 heteroatoms. The average Bonchev–Trinajstić information content (AvgIpc) is 3.06. The zero-order valence-corrected chi connectivity index (χ0v) is 12.2. The fourth-order valence-corrected chi connectivity index (χ4v) is 3.34. The third-order valence-electron chi connectivity index (χ3n) is 4.20. The van der Waals surface area contributed by atoms with Crippen molar-refractivity contribution in [1.82, 2.24) is 15.1 Å². The molecule has 2 aliphatic heterocycles. The molecule has 0 unspecified atom stereocenters. The molecule has 0 N–H and O–H groups in total. The van der Waals surface area contributed by atoms with E-state index in [9.17, 15) is 0 Å². The third kappa shape index (κ3) is 2.08. The Labute approximate surface area is 122 Å². The summed E-state index contributed by atoms with van der Waals surface area (Å²) in [5.74, 6) is 0.875. The lowest BCUT2D eigenvalue weighted by atomic mass is 9.99. The van der Waals surface area contributed by atoms with Crippen LogP contribution in [0.25, 0.3) is 11.1 Å². The van der Waals surface area contributed by atoms with E-state index in [0.29, 0.717) is 12.3 Å². The minimum Gasteiger partial charge on any atom is -0.378 e. The van der Waals surface area contributed by atoms with Crippen molar-refractivity contribution in [3.05, 3.63) is 12.0 Å². The Hall–Kier alpha value is -1.73. The lowest BCUT2D eigenvalue weighted by Crippen LogP contribution is -2.55. The zero-order chi connectivity index (χ0) is 14.4. The Bertz CT molecular complexity index is 665. The van der Waals surface area contributed by atoms with Crippen LogP contribution in [0, 0.1) is 6.92 Å². The Balaban J connectivity index is 1.75. The van der Waals surface area contributed by atoms with Crippen molar-refractivity contribution in [2.45, 2.75) is 32.0 Å². The largest absolute Gasteiger partial charge is 0.378 e. The first-order valence-corrected chi connectivity index (χ1v) is 7.24. The van der Waals surface area contributed by atoms with Gasteiger partial charge in [0.05, 0.1) is 24.9 Å². The summed E-state index contributed by atoms with van der Waals surface area (Å²) >= 11 is 0. The summed E-state index contributed by atoms with van der Waals surface area (Å²) < 4.78 is 17.0. The van der Waals surface area contributed by atoms with Crippen LogP contribution in [0.15, 0.2) is 10.9 Å². The molecule has 2 atom stereocenters. The SMILES string of the molecule is Cc1noc2ncnc(N3C[C@@H](C)O[C@@]4(CCOC4)C3)c12. The smallest absolute Gasteiger partial charge is 0.263 e. The highest BCUT2D eigenvalue weighted by Gasteiger charge is 2.43. The van der Waals surface area contributed by atoms with Crippen LogP contribution >= 0.6 is 0 Å². The van der Waals surface area contributed by atoms with Crippen LogP contribution in [0.4, 0.5) is 5.82 Å². The topological polar surface area (TPSA) is 73.5 Å². The minimum atomic E-state index is -0.222. The van der Waals surface area contributed by atoms with Gasteiger partial charge in [-0.1, -0.05) is 5.16 Å². The molecule has 2 aliphatic rings. The van der Waals surface area contributed by atoms with Crippen molar-refractivity contribution in [2.75, 3.05) is 31.2 Å². The summed E-state index contributed by atoms with van der Waals surface area (Å²) in [7, 11) is 0. The van der Waals surface area contributed by atoms with Crippen LogP contribution in [0.3, 0.4) is 0 Å². The summed E-state index contributed by atoms with van der Waals surface area (Å²) in [5.41, 5.74) is 1.13. The lowest BCUT2D eigenvalue weighted by Gasteiger charge is -2.43. The molecule has 2 fully saturated rings. The van der Waals surface area contributed by atoms with Gasteiger partial charge in [0.25, 0.3) is 5.71 Å². The number of ether oxygens (including phenoxy) is 2. The number of morpholine rings is 1. The second-order valence-corrected chi connectivity index (χ2v) is 5.94. The molecule has 2 aromatic heterocycles. The summed E-state index contributed by atoms with van der Waals surface area (Å²) in [5, 5.41) is 4.89. The molecule has 0 saturated carbocycles. The first kappa shape index (κ1) is 13.0. The lowest BCUT2D eigenvalue weighted by molar-refractivity contribution is -0.0990. The van der Waals surface area contributed by atoms with E-state index < -0.39 is 0 Å². The number of anilines is 1. The number of aryl methyl sites for hydroxylation is 1. The van der Waals surface area contributed by atoms with Crippen LogP contribution in [0.5, 0.6) is 0 Å². The van der Waals surface area contributed by atoms with Crippen LogP contribution in [-0.4, -0.2) is 53.1 Å². The van der Waals surface area contributed by atoms with Crippen LogP contribution in [0.2, 0.25) is 0 Å². The molecule has 1 spiro atoms. The molecule has 0 radical (unpaired) electrons. The van der Waals surface area contributed by atoms with E-state index in [-0.39, 0.29) is 11.7 Å². The van der Waals surface area contributed by atoms with Crippen LogP contribution in [0.1, 0.15) is 19.0 Å². The van der Waals surface area contributed by atoms with Gasteiger partial charge in [0.1, 0.15) is 23.1 Å². The van der Waals surface area contributed by atoms with Gasteiger partial charge < -0.3 is 18.9 Å². The summed E-state index contributed by atoms with van der Waals surface area (Å²) in [6, 6.07) is 0. The van der Waals surface area contributed by atoms with Crippen molar-refractivity contribution < 1.29 is 14.0 Å². The molecule has 4 rings (SSSR count). The number of hydrogen-bond donors (Lipinski definition) is 0. The van der Waals surface area contributed by atoms with Gasteiger partial charge >= 0.3 is 0 Å². The van der Waals surface area contributed by atoms with Gasteiger partial charge in [-0.05, 0) is 13.8 Å². The van der Waals surface area contributed by atoms with Crippen LogP contribution in [-0.2, 0) is 9.47 Å². The van der Waals surface area contributed by atoms with Crippen molar-refractivity contribution >= 4 is 16.9 Å². The fourth-order valence-electron chi connectivity index (χ4n) is 3.34. The molecular formula is C14H18N4O3. The second-order valence-electron chi connectivity index (χ2n) is 5.94. The molecule has 0 bridgehead atoms. The first-order chi connectivity index (χ1) is 10.2. The standard InChI is InChI=1S/C14H18N4O3/c1-9-5-18(6-14(20-9)3-4-19-7-14)12-11-10(2)17-21-13(11)16-8-15-12/h8-9H,3-7H2,1-2H3/t9-,14+/m1/s1. The maximum absolute atomic E-state index is 6.16. The number of rotatable bonds is 1. The van der Waals surface area contributed by atoms with Crippen molar-refractivity contribution in [3.8, 4) is 0 Å². The molecule has 2 aromatic rings. The van der Waals surface area contributed by atoms with Crippen molar-refractivity contribution in [1.29, 1.82) is 0 Å². The van der Waals surface area contributed by atoms with E-state index in [4.69, 9.17) is 14.0 Å². The number of fused-ring (bicyclic) bond motifs is 1. The Morgan fingerprint density at radius 3 is 3.10 bits per heavy atom. The molecule has 0 aromatic carbocycles. The van der Waals surface area contributed by atoms with E-state index in [1.54, 1.807) is 0 Å². The maximum Gasteiger partial charge on any atom is 0.263 e. The highest BCUT2D eigenvalue weighted by Crippen LogP contribution is 2.34. The Kier molecular flexibility index (Phi) is 2.87. The van der Waals surface area contributed by atoms with Gasteiger partial charge in [-0.25, -0.2) is 4.98 Å². The van der Waals surface area contributed by atoms with E-state index in [1.807, 2.05) is 6.92 Å². The third-order valence-corrected chi connectivity index (χ3v) is 4.20. The normalized spacial score (nSPS) is 29.6. The van der Waals surface area contributed by atoms with Crippen molar-refractivity contribution in [2.24, 2.45) is 0 Å². The van der Waals surface area contributed by atoms with E-state index in [1.165, 1.54) is 6.33 Å². The molecule has 0 amide bonds. The molecule has 2 saturated heterocycles. The molecule has 21 heavy (non-hydrogen) atoms. The van der Waals surface area contributed by atoms with Gasteiger partial charge in [0.15, 0.2) is 0 Å². The van der Waals surface area contributed by atoms with Crippen molar-refractivity contribution in [3.63, 3.8) is 0 Å². The van der Waals surface area contributed by atoms with E-state index in [2.05, 4.69) is 26.9 Å². The van der Waals surface area contributed by atoms with E-state index >= 15 is 0 Å². The van der Waals surface area contributed by atoms with Gasteiger partial charge in [-0.2, -0.15) is 4.98 Å². The minimum absolute atomic E-state index is 0.130. The number of nitrogens with zero attached hydrogens (tertiary/aromatic N) is 4. The molecule has 0 aliphatic carbocycles. The highest BCUT2D eigenvalue weighted by molar-refractivity contribution is 5.87. The predicted molar refractivity (Wildman–Crippen MR) is 75.3 cm³/mol. The summed E-state index contributed by atoms with van der Waals surface area (Å²) in [4.78, 5) is 10.9. The van der Waals surface area contributed by atoms with Gasteiger partial charge in [0.2, 0.25) is 0 Å². The molecule has 112 valence electrons. The number of hydrogen-bond acceptors (Lipinski definition) is 7. The quantitative estimate of drug-likeness (QED) is 0.784. The monoisotopic (exact) mass is 290 g/mol. The average molecular weight is 290 g/mol.